The molecular formula is C14H21BrN2O2. The molecule has 0 aliphatic carbocycles. The van der Waals surface area contributed by atoms with Crippen LogP contribution in [0.2, 0.25) is 0 Å². The minimum Gasteiger partial charge on any atom is -0.492 e. The Morgan fingerprint density at radius 1 is 1.26 bits per heavy atom. The van der Waals surface area contributed by atoms with Gasteiger partial charge in [0.05, 0.1) is 6.54 Å². The first-order chi connectivity index (χ1) is 9.17. The molecule has 0 aliphatic rings. The molecule has 0 radical (unpaired) electrons. The zero-order valence-electron chi connectivity index (χ0n) is 11.5. The van der Waals surface area contributed by atoms with Gasteiger partial charge >= 0.3 is 0 Å². The minimum absolute atomic E-state index is 0.133. The van der Waals surface area contributed by atoms with Crippen LogP contribution in [0.4, 0.5) is 0 Å². The summed E-state index contributed by atoms with van der Waals surface area (Å²) in [6.07, 6.45) is 0. The fourth-order valence-corrected chi connectivity index (χ4v) is 1.92. The highest BCUT2D eigenvalue weighted by molar-refractivity contribution is 9.10. The van der Waals surface area contributed by atoms with Crippen LogP contribution in [0.25, 0.3) is 0 Å². The van der Waals surface area contributed by atoms with Crippen LogP contribution in [0, 0.1) is 0 Å². The third kappa shape index (κ3) is 6.07. The molecule has 0 saturated heterocycles. The molecule has 1 aromatic carbocycles. The van der Waals surface area contributed by atoms with Crippen molar-refractivity contribution in [3.8, 4) is 5.75 Å². The summed E-state index contributed by atoms with van der Waals surface area (Å²) >= 11 is 3.37. The number of rotatable bonds is 8. The quantitative estimate of drug-likeness (QED) is 0.744. The maximum atomic E-state index is 11.7. The van der Waals surface area contributed by atoms with Gasteiger partial charge in [-0.3, -0.25) is 4.79 Å². The second-order valence-corrected chi connectivity index (χ2v) is 4.96. The van der Waals surface area contributed by atoms with E-state index >= 15 is 0 Å². The van der Waals surface area contributed by atoms with Gasteiger partial charge in [0, 0.05) is 24.1 Å². The van der Waals surface area contributed by atoms with Gasteiger partial charge in [-0.05, 0) is 38.1 Å². The largest absolute Gasteiger partial charge is 0.492 e. The highest BCUT2D eigenvalue weighted by atomic mass is 79.9. The van der Waals surface area contributed by atoms with Gasteiger partial charge in [-0.1, -0.05) is 15.9 Å². The molecular weight excluding hydrogens is 308 g/mol. The monoisotopic (exact) mass is 328 g/mol. The number of carbonyl (C=O) groups excluding carboxylic acids is 1. The van der Waals surface area contributed by atoms with E-state index in [4.69, 9.17) is 4.74 Å². The van der Waals surface area contributed by atoms with Crippen LogP contribution in [0.5, 0.6) is 5.75 Å². The molecule has 1 amide bonds. The van der Waals surface area contributed by atoms with Crippen LogP contribution < -0.4 is 10.1 Å². The second-order valence-electron chi connectivity index (χ2n) is 4.05. The van der Waals surface area contributed by atoms with E-state index in [0.717, 1.165) is 23.3 Å². The number of hydrogen-bond donors (Lipinski definition) is 1. The molecule has 0 aromatic heterocycles. The van der Waals surface area contributed by atoms with Crippen LogP contribution in [-0.2, 0) is 4.79 Å². The zero-order valence-corrected chi connectivity index (χ0v) is 13.1. The Hall–Kier alpha value is -1.07. The summed E-state index contributed by atoms with van der Waals surface area (Å²) in [6.45, 7) is 7.05. The summed E-state index contributed by atoms with van der Waals surface area (Å²) in [4.78, 5) is 13.5. The molecule has 1 aromatic rings. The Morgan fingerprint density at radius 3 is 2.47 bits per heavy atom. The molecule has 0 unspecified atom stereocenters. The third-order valence-corrected chi connectivity index (χ3v) is 3.28. The van der Waals surface area contributed by atoms with Gasteiger partial charge in [0.1, 0.15) is 12.4 Å². The Labute approximate surface area is 123 Å². The van der Waals surface area contributed by atoms with Gasteiger partial charge < -0.3 is 15.0 Å². The maximum absolute atomic E-state index is 11.7. The van der Waals surface area contributed by atoms with E-state index in [-0.39, 0.29) is 5.91 Å². The molecule has 0 bridgehead atoms. The van der Waals surface area contributed by atoms with Crippen molar-refractivity contribution < 1.29 is 9.53 Å². The molecule has 106 valence electrons. The van der Waals surface area contributed by atoms with Crippen molar-refractivity contribution >= 4 is 21.8 Å². The van der Waals surface area contributed by atoms with E-state index in [2.05, 4.69) is 21.2 Å². The molecule has 0 fully saturated rings. The van der Waals surface area contributed by atoms with E-state index in [0.29, 0.717) is 19.7 Å². The van der Waals surface area contributed by atoms with E-state index in [1.165, 1.54) is 0 Å². The van der Waals surface area contributed by atoms with Gasteiger partial charge in [-0.25, -0.2) is 0 Å². The Balaban J connectivity index is 2.14. The Kier molecular flexibility index (Phi) is 7.52. The number of amides is 1. The molecule has 1 rings (SSSR count). The number of hydrogen-bond acceptors (Lipinski definition) is 3. The van der Waals surface area contributed by atoms with Crippen LogP contribution in [0.3, 0.4) is 0 Å². The number of carbonyl (C=O) groups is 1. The molecule has 0 aliphatic heterocycles. The predicted octanol–water partition coefficient (Wildman–Crippen LogP) is 2.29. The Morgan fingerprint density at radius 2 is 1.89 bits per heavy atom. The summed E-state index contributed by atoms with van der Waals surface area (Å²) in [7, 11) is 0. The first-order valence-corrected chi connectivity index (χ1v) is 7.33. The lowest BCUT2D eigenvalue weighted by Crippen LogP contribution is -2.39. The van der Waals surface area contributed by atoms with Gasteiger partial charge in [0.25, 0.3) is 0 Å². The molecule has 1 N–H and O–H groups in total. The predicted molar refractivity (Wildman–Crippen MR) is 80.4 cm³/mol. The second kappa shape index (κ2) is 8.93. The fraction of sp³-hybridized carbons (Fsp3) is 0.500. The molecule has 0 heterocycles. The van der Waals surface area contributed by atoms with Crippen molar-refractivity contribution in [1.29, 1.82) is 0 Å². The van der Waals surface area contributed by atoms with Crippen molar-refractivity contribution in [3.63, 3.8) is 0 Å². The average Bonchev–Trinajstić information content (AvgIpc) is 2.42. The number of likely N-dealkylation sites (N-methyl/N-ethyl adjacent to an activating group) is 1. The van der Waals surface area contributed by atoms with E-state index in [1.807, 2.05) is 43.0 Å². The van der Waals surface area contributed by atoms with Gasteiger partial charge in [-0.15, -0.1) is 0 Å². The molecule has 0 spiro atoms. The summed E-state index contributed by atoms with van der Waals surface area (Å²) in [6, 6.07) is 7.69. The summed E-state index contributed by atoms with van der Waals surface area (Å²) in [5.74, 6) is 0.966. The lowest BCUT2D eigenvalue weighted by molar-refractivity contribution is -0.129. The van der Waals surface area contributed by atoms with Crippen LogP contribution in [-0.4, -0.2) is 43.6 Å². The average molecular weight is 329 g/mol. The normalized spacial score (nSPS) is 10.3. The highest BCUT2D eigenvalue weighted by Gasteiger charge is 2.07. The van der Waals surface area contributed by atoms with Gasteiger partial charge in [0.15, 0.2) is 0 Å². The molecule has 19 heavy (non-hydrogen) atoms. The number of halogens is 1. The first-order valence-electron chi connectivity index (χ1n) is 6.54. The van der Waals surface area contributed by atoms with E-state index in [9.17, 15) is 4.79 Å². The van der Waals surface area contributed by atoms with Crippen molar-refractivity contribution in [1.82, 2.24) is 10.2 Å². The molecule has 5 heteroatoms. The minimum atomic E-state index is 0.133. The number of ether oxygens (including phenoxy) is 1. The van der Waals surface area contributed by atoms with Gasteiger partial charge in [-0.2, -0.15) is 0 Å². The Bertz CT molecular complexity index is 378. The van der Waals surface area contributed by atoms with Crippen molar-refractivity contribution in [2.45, 2.75) is 13.8 Å². The fourth-order valence-electron chi connectivity index (χ4n) is 1.66. The third-order valence-electron chi connectivity index (χ3n) is 2.75. The number of benzene rings is 1. The SMILES string of the molecule is CCN(CC)C(=O)CNCCOc1ccc(Br)cc1. The zero-order chi connectivity index (χ0) is 14.1. The maximum Gasteiger partial charge on any atom is 0.236 e. The lowest BCUT2D eigenvalue weighted by atomic mass is 10.3. The lowest BCUT2D eigenvalue weighted by Gasteiger charge is -2.18. The summed E-state index contributed by atoms with van der Waals surface area (Å²) < 4.78 is 6.58. The smallest absolute Gasteiger partial charge is 0.236 e. The number of nitrogens with zero attached hydrogens (tertiary/aromatic N) is 1. The van der Waals surface area contributed by atoms with E-state index < -0.39 is 0 Å². The standard InChI is InChI=1S/C14H21BrN2O2/c1-3-17(4-2)14(18)11-16-9-10-19-13-7-5-12(15)6-8-13/h5-8,16H,3-4,9-11H2,1-2H3. The molecule has 4 nitrogen and oxygen atoms in total. The van der Waals surface area contributed by atoms with Gasteiger partial charge in [0.2, 0.25) is 5.91 Å². The topological polar surface area (TPSA) is 41.6 Å². The van der Waals surface area contributed by atoms with Crippen LogP contribution >= 0.6 is 15.9 Å². The summed E-state index contributed by atoms with van der Waals surface area (Å²) in [5.41, 5.74) is 0. The van der Waals surface area contributed by atoms with Crippen LogP contribution in [0.15, 0.2) is 28.7 Å². The number of nitrogens with one attached hydrogen (secondary N) is 1. The highest BCUT2D eigenvalue weighted by Crippen LogP contribution is 2.15. The summed E-state index contributed by atoms with van der Waals surface area (Å²) in [5, 5.41) is 3.09. The molecule has 0 atom stereocenters. The first kappa shape index (κ1) is 16.0. The van der Waals surface area contributed by atoms with Crippen molar-refractivity contribution in [2.75, 3.05) is 32.8 Å². The van der Waals surface area contributed by atoms with Crippen molar-refractivity contribution in [2.24, 2.45) is 0 Å². The molecule has 0 saturated carbocycles. The van der Waals surface area contributed by atoms with Crippen LogP contribution in [0.1, 0.15) is 13.8 Å². The van der Waals surface area contributed by atoms with E-state index in [1.54, 1.807) is 0 Å². The van der Waals surface area contributed by atoms with Crippen molar-refractivity contribution in [3.05, 3.63) is 28.7 Å².